The van der Waals surface area contributed by atoms with Gasteiger partial charge < -0.3 is 24.5 Å². The molecule has 4 aliphatic rings. The number of hydrogen-bond acceptors (Lipinski definition) is 9. The Balaban J connectivity index is 1.000. The molecule has 1 aromatic carbocycles. The van der Waals surface area contributed by atoms with Gasteiger partial charge in [0.1, 0.15) is 12.4 Å². The fourth-order valence-corrected chi connectivity index (χ4v) is 9.11. The van der Waals surface area contributed by atoms with E-state index in [1.807, 2.05) is 17.9 Å². The van der Waals surface area contributed by atoms with Crippen LogP contribution in [0.1, 0.15) is 119 Å². The summed E-state index contributed by atoms with van der Waals surface area (Å²) < 4.78 is 11.3. The zero-order chi connectivity index (χ0) is 36.3. The average Bonchev–Trinajstić information content (AvgIpc) is 3.69. The van der Waals surface area contributed by atoms with Crippen molar-refractivity contribution in [3.05, 3.63) is 47.2 Å². The van der Waals surface area contributed by atoms with Crippen LogP contribution in [0.3, 0.4) is 0 Å². The predicted molar refractivity (Wildman–Crippen MR) is 202 cm³/mol. The lowest BCUT2D eigenvalue weighted by atomic mass is 9.88. The number of aromatic nitrogens is 1. The first kappa shape index (κ1) is 38.7. The molecule has 0 radical (unpaired) electrons. The molecule has 3 atom stereocenters. The van der Waals surface area contributed by atoms with Crippen molar-refractivity contribution in [2.45, 2.75) is 148 Å². The van der Waals surface area contributed by atoms with E-state index in [1.54, 1.807) is 6.20 Å². The minimum Gasteiger partial charge on any atom is -0.485 e. The molecule has 3 fully saturated rings. The number of aliphatic hydroxyl groups is 1. The van der Waals surface area contributed by atoms with Crippen molar-refractivity contribution in [3.8, 4) is 5.75 Å². The number of rotatable bonds is 12. The van der Waals surface area contributed by atoms with Gasteiger partial charge in [0.25, 0.3) is 0 Å². The van der Waals surface area contributed by atoms with E-state index in [9.17, 15) is 14.7 Å². The lowest BCUT2D eigenvalue weighted by Gasteiger charge is -2.46. The minimum atomic E-state index is -0.635. The van der Waals surface area contributed by atoms with Crippen LogP contribution in [0, 0.1) is 12.8 Å². The third-order valence-electron chi connectivity index (χ3n) is 12.2. The number of likely N-dealkylation sites (tertiary alicyclic amines) is 2. The number of nitrogens with zero attached hydrogens (tertiary/aromatic N) is 4. The third kappa shape index (κ3) is 10.6. The van der Waals surface area contributed by atoms with E-state index in [2.05, 4.69) is 38.4 Å². The average molecular weight is 721 g/mol. The molecular formula is C41H64N6O5. The Morgan fingerprint density at radius 3 is 2.46 bits per heavy atom. The van der Waals surface area contributed by atoms with Crippen LogP contribution >= 0.6 is 0 Å². The first-order valence-electron chi connectivity index (χ1n) is 20.5. The van der Waals surface area contributed by atoms with Crippen molar-refractivity contribution >= 4 is 11.8 Å². The van der Waals surface area contributed by atoms with Gasteiger partial charge in [-0.1, -0.05) is 57.9 Å². The van der Waals surface area contributed by atoms with Gasteiger partial charge in [-0.15, -0.1) is 0 Å². The van der Waals surface area contributed by atoms with Gasteiger partial charge in [0.2, 0.25) is 11.8 Å². The van der Waals surface area contributed by atoms with E-state index < -0.39 is 6.10 Å². The highest BCUT2D eigenvalue weighted by Gasteiger charge is 2.37. The number of nitrogens with one attached hydrogen (secondary N) is 2. The van der Waals surface area contributed by atoms with Crippen LogP contribution in [0.5, 0.6) is 5.75 Å². The fraction of sp³-hybridized carbons (Fsp3) is 0.732. The van der Waals surface area contributed by atoms with Crippen molar-refractivity contribution in [3.63, 3.8) is 0 Å². The number of benzene rings is 1. The number of amides is 2. The molecule has 11 nitrogen and oxygen atoms in total. The highest BCUT2D eigenvalue weighted by Crippen LogP contribution is 2.32. The van der Waals surface area contributed by atoms with Crippen LogP contribution in [0.2, 0.25) is 0 Å². The van der Waals surface area contributed by atoms with E-state index in [0.717, 1.165) is 76.1 Å². The molecule has 0 spiro atoms. The molecule has 11 heteroatoms. The van der Waals surface area contributed by atoms with Gasteiger partial charge in [-0.05, 0) is 74.6 Å². The minimum absolute atomic E-state index is 0.0669. The Labute approximate surface area is 311 Å². The standard InChI is InChI=1S/C41H64N6O5/c1-3-40(49)46-20-16-33(17-21-46)44-39-23-31(15-22-47(39)34-11-9-7-5-4-6-8-10-12-34)41(50)43-24-35(48)27-45-19-18-37-30(2)38(14-13-32(37)26-45)51-28-36-25-42-29-52-36/h13-14,25,29,31,33-35,39,44,48H,3-12,15-24,26-28H2,1-2H3,(H,43,50)/t31?,35-,39?/m0/s1. The zero-order valence-corrected chi connectivity index (χ0v) is 31.8. The second-order valence-corrected chi connectivity index (χ2v) is 15.8. The molecule has 52 heavy (non-hydrogen) atoms. The van der Waals surface area contributed by atoms with Gasteiger partial charge in [-0.2, -0.15) is 0 Å². The highest BCUT2D eigenvalue weighted by atomic mass is 16.5. The van der Waals surface area contributed by atoms with Crippen LogP contribution in [-0.2, 0) is 29.2 Å². The third-order valence-corrected chi connectivity index (χ3v) is 12.2. The summed E-state index contributed by atoms with van der Waals surface area (Å²) in [5.74, 6) is 1.79. The summed E-state index contributed by atoms with van der Waals surface area (Å²) >= 11 is 0. The summed E-state index contributed by atoms with van der Waals surface area (Å²) in [5.41, 5.74) is 3.73. The van der Waals surface area contributed by atoms with E-state index in [1.165, 1.54) is 75.3 Å². The molecule has 1 aliphatic carbocycles. The first-order chi connectivity index (χ1) is 25.4. The number of β-amino-alcohol motifs (C(OH)–C–C–N with tert-alkyl or cyclic N) is 1. The van der Waals surface area contributed by atoms with Gasteiger partial charge in [0.05, 0.1) is 18.5 Å². The molecule has 2 amide bonds. The smallest absolute Gasteiger partial charge is 0.223 e. The van der Waals surface area contributed by atoms with Crippen molar-refractivity contribution in [2.75, 3.05) is 39.3 Å². The molecule has 0 bridgehead atoms. The fourth-order valence-electron chi connectivity index (χ4n) is 9.11. The molecule has 3 N–H and O–H groups in total. The zero-order valence-electron chi connectivity index (χ0n) is 31.8. The summed E-state index contributed by atoms with van der Waals surface area (Å²) in [6.45, 7) is 9.35. The second kappa shape index (κ2) is 19.4. The lowest BCUT2D eigenvalue weighted by molar-refractivity contribution is -0.132. The summed E-state index contributed by atoms with van der Waals surface area (Å²) in [6, 6.07) is 5.06. The summed E-state index contributed by atoms with van der Waals surface area (Å²) in [4.78, 5) is 36.9. The van der Waals surface area contributed by atoms with Crippen LogP contribution in [0.4, 0.5) is 0 Å². The van der Waals surface area contributed by atoms with Crippen LogP contribution in [0.25, 0.3) is 0 Å². The first-order valence-corrected chi connectivity index (χ1v) is 20.5. The molecule has 3 aliphatic heterocycles. The maximum Gasteiger partial charge on any atom is 0.223 e. The number of aliphatic hydroxyl groups excluding tert-OH is 1. The number of ether oxygens (including phenoxy) is 1. The van der Waals surface area contributed by atoms with E-state index in [4.69, 9.17) is 9.15 Å². The Kier molecular flexibility index (Phi) is 14.4. The molecule has 1 saturated carbocycles. The molecule has 4 heterocycles. The van der Waals surface area contributed by atoms with Crippen molar-refractivity contribution < 1.29 is 23.8 Å². The van der Waals surface area contributed by atoms with Gasteiger partial charge >= 0.3 is 0 Å². The van der Waals surface area contributed by atoms with Gasteiger partial charge in [-0.3, -0.25) is 24.7 Å². The molecular weight excluding hydrogens is 656 g/mol. The lowest BCUT2D eigenvalue weighted by Crippen LogP contribution is -2.60. The molecule has 2 aromatic rings. The molecule has 1 aromatic heterocycles. The van der Waals surface area contributed by atoms with E-state index >= 15 is 0 Å². The second-order valence-electron chi connectivity index (χ2n) is 15.8. The largest absolute Gasteiger partial charge is 0.485 e. The number of carbonyl (C=O) groups is 2. The van der Waals surface area contributed by atoms with E-state index in [-0.39, 0.29) is 30.4 Å². The van der Waals surface area contributed by atoms with Crippen LogP contribution < -0.4 is 15.4 Å². The molecule has 288 valence electrons. The SMILES string of the molecule is CCC(=O)N1CCC(NC2CC(C(=O)NC[C@H](O)CN3CCc4c(ccc(OCc5cnco5)c4C)C3)CCN2C2CCCCCCCCC2)CC1. The van der Waals surface area contributed by atoms with Crippen molar-refractivity contribution in [2.24, 2.45) is 5.92 Å². The summed E-state index contributed by atoms with van der Waals surface area (Å²) in [6.07, 6.45) is 19.4. The van der Waals surface area contributed by atoms with Gasteiger partial charge in [0.15, 0.2) is 12.2 Å². The molecule has 6 rings (SSSR count). The Hall–Kier alpha value is -2.99. The Morgan fingerprint density at radius 2 is 1.75 bits per heavy atom. The monoisotopic (exact) mass is 720 g/mol. The molecule has 2 unspecified atom stereocenters. The predicted octanol–water partition coefficient (Wildman–Crippen LogP) is 5.32. The number of piperidine rings is 2. The number of carbonyl (C=O) groups excluding carboxylic acids is 2. The van der Waals surface area contributed by atoms with Crippen molar-refractivity contribution in [1.29, 1.82) is 0 Å². The highest BCUT2D eigenvalue weighted by molar-refractivity contribution is 5.78. The normalized spacial score (nSPS) is 23.9. The maximum absolute atomic E-state index is 13.7. The quantitative estimate of drug-likeness (QED) is 0.268. The van der Waals surface area contributed by atoms with Crippen LogP contribution in [0.15, 0.2) is 29.1 Å². The topological polar surface area (TPSA) is 123 Å². The summed E-state index contributed by atoms with van der Waals surface area (Å²) in [7, 11) is 0. The summed E-state index contributed by atoms with van der Waals surface area (Å²) in [5, 5.41) is 18.2. The van der Waals surface area contributed by atoms with Crippen LogP contribution in [-0.4, -0.2) is 100 Å². The van der Waals surface area contributed by atoms with Gasteiger partial charge in [0, 0.05) is 70.2 Å². The van der Waals surface area contributed by atoms with E-state index in [0.29, 0.717) is 37.4 Å². The number of fused-ring (bicyclic) bond motifs is 1. The van der Waals surface area contributed by atoms with Crippen molar-refractivity contribution in [1.82, 2.24) is 30.3 Å². The maximum atomic E-state index is 13.7. The number of oxazole rings is 1. The Bertz CT molecular complexity index is 1400. The van der Waals surface area contributed by atoms with Gasteiger partial charge in [-0.25, -0.2) is 4.98 Å². The molecule has 2 saturated heterocycles. The Morgan fingerprint density at radius 1 is 1.00 bits per heavy atom. The number of hydrogen-bond donors (Lipinski definition) is 3.